The first-order valence-corrected chi connectivity index (χ1v) is 7.48. The van der Waals surface area contributed by atoms with Crippen LogP contribution in [-0.2, 0) is 11.3 Å². The summed E-state index contributed by atoms with van der Waals surface area (Å²) in [7, 11) is 0. The van der Waals surface area contributed by atoms with E-state index in [1.54, 1.807) is 0 Å². The first-order chi connectivity index (χ1) is 10.00. The molecule has 2 rings (SSSR count). The first-order valence-electron chi connectivity index (χ1n) is 7.48. The molecule has 0 spiro atoms. The zero-order chi connectivity index (χ0) is 15.3. The lowest BCUT2D eigenvalue weighted by Crippen LogP contribution is -2.31. The first kappa shape index (κ1) is 15.9. The minimum absolute atomic E-state index is 0.147. The molecule has 1 aliphatic carbocycles. The van der Waals surface area contributed by atoms with Crippen molar-refractivity contribution in [2.75, 3.05) is 11.9 Å². The van der Waals surface area contributed by atoms with E-state index in [-0.39, 0.29) is 37.5 Å². The van der Waals surface area contributed by atoms with E-state index in [2.05, 4.69) is 10.6 Å². The third kappa shape index (κ3) is 4.77. The fraction of sp³-hybridized carbons (Fsp3) is 0.562. The molecule has 116 valence electrons. The standard InChI is InChI=1S/C16H22F2N2O/c1-2-19-11-12-4-3-5-14(10-12)20-15(21)13-6-8-16(17,18)9-7-13/h3-5,10,13,19H,2,6-9,11H2,1H3,(H,20,21). The molecule has 21 heavy (non-hydrogen) atoms. The minimum atomic E-state index is -2.59. The second-order valence-electron chi connectivity index (χ2n) is 5.60. The van der Waals surface area contributed by atoms with Crippen LogP contribution in [0.25, 0.3) is 0 Å². The zero-order valence-electron chi connectivity index (χ0n) is 12.3. The van der Waals surface area contributed by atoms with E-state index in [0.29, 0.717) is 0 Å². The van der Waals surface area contributed by atoms with Crippen LogP contribution in [0.3, 0.4) is 0 Å². The van der Waals surface area contributed by atoms with Crippen LogP contribution < -0.4 is 10.6 Å². The predicted molar refractivity (Wildman–Crippen MR) is 79.4 cm³/mol. The number of carbonyl (C=O) groups is 1. The maximum Gasteiger partial charge on any atom is 0.248 e. The SMILES string of the molecule is CCNCc1cccc(NC(=O)C2CCC(F)(F)CC2)c1. The molecule has 0 saturated heterocycles. The molecule has 5 heteroatoms. The summed E-state index contributed by atoms with van der Waals surface area (Å²) < 4.78 is 26.2. The summed E-state index contributed by atoms with van der Waals surface area (Å²) in [5, 5.41) is 6.07. The second kappa shape index (κ2) is 6.98. The van der Waals surface area contributed by atoms with Gasteiger partial charge in [-0.25, -0.2) is 8.78 Å². The number of hydrogen-bond donors (Lipinski definition) is 2. The molecule has 1 aromatic carbocycles. The molecule has 0 heterocycles. The van der Waals surface area contributed by atoms with E-state index in [1.165, 1.54) is 0 Å². The van der Waals surface area contributed by atoms with E-state index in [1.807, 2.05) is 31.2 Å². The van der Waals surface area contributed by atoms with Gasteiger partial charge in [0, 0.05) is 31.0 Å². The molecule has 1 fully saturated rings. The molecule has 0 unspecified atom stereocenters. The van der Waals surface area contributed by atoms with Gasteiger partial charge in [-0.05, 0) is 37.1 Å². The minimum Gasteiger partial charge on any atom is -0.326 e. The van der Waals surface area contributed by atoms with Crippen molar-refractivity contribution < 1.29 is 13.6 Å². The molecule has 0 aliphatic heterocycles. The van der Waals surface area contributed by atoms with E-state index in [4.69, 9.17) is 0 Å². The lowest BCUT2D eigenvalue weighted by atomic mass is 9.86. The van der Waals surface area contributed by atoms with E-state index in [9.17, 15) is 13.6 Å². The lowest BCUT2D eigenvalue weighted by Gasteiger charge is -2.27. The third-order valence-corrected chi connectivity index (χ3v) is 3.86. The molecule has 0 radical (unpaired) electrons. The van der Waals surface area contributed by atoms with Crippen LogP contribution in [0.5, 0.6) is 0 Å². The maximum absolute atomic E-state index is 13.1. The number of amides is 1. The molecule has 2 N–H and O–H groups in total. The van der Waals surface area contributed by atoms with Crippen LogP contribution in [0.15, 0.2) is 24.3 Å². The van der Waals surface area contributed by atoms with E-state index in [0.717, 1.165) is 24.3 Å². The Bertz CT molecular complexity index is 481. The van der Waals surface area contributed by atoms with Crippen molar-refractivity contribution in [1.82, 2.24) is 5.32 Å². The van der Waals surface area contributed by atoms with Crippen molar-refractivity contribution in [1.29, 1.82) is 0 Å². The Kier molecular flexibility index (Phi) is 5.28. The Hall–Kier alpha value is -1.49. The van der Waals surface area contributed by atoms with Gasteiger partial charge >= 0.3 is 0 Å². The fourth-order valence-electron chi connectivity index (χ4n) is 2.58. The van der Waals surface area contributed by atoms with Gasteiger partial charge in [0.2, 0.25) is 11.8 Å². The number of rotatable bonds is 5. The molecule has 1 saturated carbocycles. The molecule has 1 aliphatic rings. The number of hydrogen-bond acceptors (Lipinski definition) is 2. The highest BCUT2D eigenvalue weighted by Gasteiger charge is 2.37. The van der Waals surface area contributed by atoms with Gasteiger partial charge < -0.3 is 10.6 Å². The summed E-state index contributed by atoms with van der Waals surface area (Å²) in [4.78, 5) is 12.1. The highest BCUT2D eigenvalue weighted by molar-refractivity contribution is 5.92. The Balaban J connectivity index is 1.90. The number of nitrogens with one attached hydrogen (secondary N) is 2. The lowest BCUT2D eigenvalue weighted by molar-refractivity contribution is -0.124. The van der Waals surface area contributed by atoms with Gasteiger partial charge in [0.1, 0.15) is 0 Å². The van der Waals surface area contributed by atoms with E-state index >= 15 is 0 Å². The normalized spacial score (nSPS) is 18.4. The van der Waals surface area contributed by atoms with Gasteiger partial charge in [-0.3, -0.25) is 4.79 Å². The van der Waals surface area contributed by atoms with Crippen molar-refractivity contribution >= 4 is 11.6 Å². The molecule has 0 aromatic heterocycles. The van der Waals surface area contributed by atoms with Crippen molar-refractivity contribution in [2.45, 2.75) is 45.1 Å². The largest absolute Gasteiger partial charge is 0.326 e. The average molecular weight is 296 g/mol. The zero-order valence-corrected chi connectivity index (χ0v) is 12.3. The van der Waals surface area contributed by atoms with Crippen LogP contribution in [0.4, 0.5) is 14.5 Å². The fourth-order valence-corrected chi connectivity index (χ4v) is 2.58. The van der Waals surface area contributed by atoms with Crippen LogP contribution in [0.2, 0.25) is 0 Å². The van der Waals surface area contributed by atoms with E-state index < -0.39 is 5.92 Å². The number of halogens is 2. The molecule has 0 atom stereocenters. The van der Waals surface area contributed by atoms with Gasteiger partial charge in [0.25, 0.3) is 0 Å². The topological polar surface area (TPSA) is 41.1 Å². The van der Waals surface area contributed by atoms with Crippen LogP contribution in [0, 0.1) is 5.92 Å². The van der Waals surface area contributed by atoms with Gasteiger partial charge in [-0.1, -0.05) is 19.1 Å². The summed E-state index contributed by atoms with van der Waals surface area (Å²) in [5.74, 6) is -3.05. The summed E-state index contributed by atoms with van der Waals surface area (Å²) in [5.41, 5.74) is 1.82. The summed E-state index contributed by atoms with van der Waals surface area (Å²) >= 11 is 0. The Morgan fingerprint density at radius 2 is 2.05 bits per heavy atom. The molecule has 0 bridgehead atoms. The Morgan fingerprint density at radius 1 is 1.33 bits per heavy atom. The van der Waals surface area contributed by atoms with Crippen LogP contribution >= 0.6 is 0 Å². The highest BCUT2D eigenvalue weighted by Crippen LogP contribution is 2.36. The maximum atomic E-state index is 13.1. The van der Waals surface area contributed by atoms with Crippen molar-refractivity contribution in [3.63, 3.8) is 0 Å². The monoisotopic (exact) mass is 296 g/mol. The predicted octanol–water partition coefficient (Wildman–Crippen LogP) is 3.56. The number of anilines is 1. The van der Waals surface area contributed by atoms with Gasteiger partial charge in [0.05, 0.1) is 0 Å². The van der Waals surface area contributed by atoms with Crippen LogP contribution in [0.1, 0.15) is 38.2 Å². The molecule has 1 amide bonds. The average Bonchev–Trinajstić information content (AvgIpc) is 2.45. The summed E-state index contributed by atoms with van der Waals surface area (Å²) in [6.45, 7) is 3.66. The van der Waals surface area contributed by atoms with Gasteiger partial charge in [-0.15, -0.1) is 0 Å². The highest BCUT2D eigenvalue weighted by atomic mass is 19.3. The summed E-state index contributed by atoms with van der Waals surface area (Å²) in [6, 6.07) is 7.61. The van der Waals surface area contributed by atoms with Gasteiger partial charge in [0.15, 0.2) is 0 Å². The molecule has 1 aromatic rings. The number of carbonyl (C=O) groups excluding carboxylic acids is 1. The van der Waals surface area contributed by atoms with Gasteiger partial charge in [-0.2, -0.15) is 0 Å². The molecular weight excluding hydrogens is 274 g/mol. The number of benzene rings is 1. The second-order valence-corrected chi connectivity index (χ2v) is 5.60. The van der Waals surface area contributed by atoms with Crippen molar-refractivity contribution in [3.05, 3.63) is 29.8 Å². The van der Waals surface area contributed by atoms with Crippen LogP contribution in [-0.4, -0.2) is 18.4 Å². The van der Waals surface area contributed by atoms with Crippen molar-refractivity contribution in [2.24, 2.45) is 5.92 Å². The quantitative estimate of drug-likeness (QED) is 0.872. The summed E-state index contributed by atoms with van der Waals surface area (Å²) in [6.07, 6.45) is 0.142. The third-order valence-electron chi connectivity index (χ3n) is 3.86. The molecular formula is C16H22F2N2O. The Morgan fingerprint density at radius 3 is 2.71 bits per heavy atom. The van der Waals surface area contributed by atoms with Crippen molar-refractivity contribution in [3.8, 4) is 0 Å². The molecule has 3 nitrogen and oxygen atoms in total. The number of alkyl halides is 2. The Labute approximate surface area is 124 Å². The smallest absolute Gasteiger partial charge is 0.248 e.